The fourth-order valence-electron chi connectivity index (χ4n) is 1.33. The molecule has 0 bridgehead atoms. The molecule has 18 heavy (non-hydrogen) atoms. The van der Waals surface area contributed by atoms with Crippen molar-refractivity contribution in [1.29, 1.82) is 0 Å². The zero-order chi connectivity index (χ0) is 13.7. The van der Waals surface area contributed by atoms with Crippen LogP contribution in [0, 0.1) is 11.8 Å². The number of amides is 1. The maximum atomic E-state index is 12.1. The van der Waals surface area contributed by atoms with Gasteiger partial charge in [-0.05, 0) is 32.0 Å². The normalized spacial score (nSPS) is 9.89. The van der Waals surface area contributed by atoms with Crippen LogP contribution in [0.2, 0.25) is 5.02 Å². The van der Waals surface area contributed by atoms with E-state index in [4.69, 9.17) is 17.3 Å². The Labute approximate surface area is 113 Å². The van der Waals surface area contributed by atoms with Crippen LogP contribution in [0.25, 0.3) is 0 Å². The van der Waals surface area contributed by atoms with Gasteiger partial charge in [0.15, 0.2) is 0 Å². The lowest BCUT2D eigenvalue weighted by molar-refractivity contribution is 0.0755. The number of benzene rings is 1. The molecule has 1 aromatic rings. The fraction of sp³-hybridized carbons (Fsp3) is 0.357. The molecule has 0 saturated carbocycles. The Balaban J connectivity index is 3.01. The highest BCUT2D eigenvalue weighted by atomic mass is 35.5. The van der Waals surface area contributed by atoms with Gasteiger partial charge in [0, 0.05) is 24.2 Å². The van der Waals surface area contributed by atoms with Crippen LogP contribution in [0.5, 0.6) is 0 Å². The van der Waals surface area contributed by atoms with E-state index in [0.717, 1.165) is 0 Å². The molecule has 2 N–H and O–H groups in total. The summed E-state index contributed by atoms with van der Waals surface area (Å²) in [7, 11) is 1.77. The largest absolute Gasteiger partial charge is 0.339 e. The van der Waals surface area contributed by atoms with Crippen LogP contribution in [0.3, 0.4) is 0 Å². The minimum atomic E-state index is -0.0507. The number of nitrogens with zero attached hydrogens (tertiary/aromatic N) is 1. The molecular weight excluding hydrogens is 248 g/mol. The van der Waals surface area contributed by atoms with Crippen molar-refractivity contribution in [3.8, 4) is 11.8 Å². The molecule has 0 aliphatic heterocycles. The van der Waals surface area contributed by atoms with Crippen molar-refractivity contribution in [2.45, 2.75) is 19.9 Å². The van der Waals surface area contributed by atoms with Crippen molar-refractivity contribution < 1.29 is 4.79 Å². The highest BCUT2D eigenvalue weighted by Crippen LogP contribution is 2.18. The molecule has 0 spiro atoms. The lowest BCUT2D eigenvalue weighted by atomic mass is 10.1. The Morgan fingerprint density at radius 1 is 1.50 bits per heavy atom. The van der Waals surface area contributed by atoms with Crippen molar-refractivity contribution in [1.82, 2.24) is 4.90 Å². The molecule has 1 amide bonds. The molecule has 0 fully saturated rings. The van der Waals surface area contributed by atoms with Crippen LogP contribution in [0.1, 0.15) is 29.8 Å². The van der Waals surface area contributed by atoms with Gasteiger partial charge >= 0.3 is 0 Å². The molecule has 0 aliphatic rings. The zero-order valence-corrected chi connectivity index (χ0v) is 11.6. The average Bonchev–Trinajstić information content (AvgIpc) is 2.35. The van der Waals surface area contributed by atoms with Gasteiger partial charge in [-0.2, -0.15) is 0 Å². The fourth-order valence-corrected chi connectivity index (χ4v) is 1.56. The average molecular weight is 265 g/mol. The summed E-state index contributed by atoms with van der Waals surface area (Å²) in [5, 5.41) is 0.471. The molecular formula is C14H17ClN2O. The Morgan fingerprint density at radius 3 is 2.67 bits per heavy atom. The maximum absolute atomic E-state index is 12.1. The Morgan fingerprint density at radius 2 is 2.17 bits per heavy atom. The second-order valence-electron chi connectivity index (χ2n) is 4.21. The molecule has 96 valence electrons. The summed E-state index contributed by atoms with van der Waals surface area (Å²) < 4.78 is 0. The van der Waals surface area contributed by atoms with Gasteiger partial charge in [0.05, 0.1) is 11.6 Å². The van der Waals surface area contributed by atoms with Gasteiger partial charge in [-0.1, -0.05) is 23.4 Å². The highest BCUT2D eigenvalue weighted by Gasteiger charge is 2.15. The smallest absolute Gasteiger partial charge is 0.253 e. The number of carbonyl (C=O) groups excluding carboxylic acids is 1. The molecule has 0 heterocycles. The van der Waals surface area contributed by atoms with Crippen molar-refractivity contribution in [3.05, 3.63) is 34.3 Å². The summed E-state index contributed by atoms with van der Waals surface area (Å²) >= 11 is 6.08. The number of rotatable bonds is 2. The predicted molar refractivity (Wildman–Crippen MR) is 74.6 cm³/mol. The van der Waals surface area contributed by atoms with Crippen LogP contribution in [0.15, 0.2) is 18.2 Å². The summed E-state index contributed by atoms with van der Waals surface area (Å²) in [4.78, 5) is 13.7. The van der Waals surface area contributed by atoms with Crippen LogP contribution in [-0.2, 0) is 0 Å². The summed E-state index contributed by atoms with van der Waals surface area (Å²) in [5.41, 5.74) is 6.55. The van der Waals surface area contributed by atoms with Crippen molar-refractivity contribution >= 4 is 17.5 Å². The Kier molecular flexibility index (Phi) is 5.21. The number of carbonyl (C=O) groups is 1. The highest BCUT2D eigenvalue weighted by molar-refractivity contribution is 6.32. The van der Waals surface area contributed by atoms with Gasteiger partial charge < -0.3 is 10.6 Å². The Bertz CT molecular complexity index is 500. The molecule has 0 atom stereocenters. The van der Waals surface area contributed by atoms with Crippen LogP contribution in [0.4, 0.5) is 0 Å². The first-order valence-corrected chi connectivity index (χ1v) is 6.10. The van der Waals surface area contributed by atoms with E-state index < -0.39 is 0 Å². The van der Waals surface area contributed by atoms with Gasteiger partial charge in [0.1, 0.15) is 0 Å². The standard InChI is InChI=1S/C14H17ClN2O/c1-10(2)17(3)14(18)12-7-6-11(5-4-8-16)13(15)9-12/h6-7,9-10H,8,16H2,1-3H3. The van der Waals surface area contributed by atoms with Gasteiger partial charge in [0.25, 0.3) is 5.91 Å². The van der Waals surface area contributed by atoms with Crippen molar-refractivity contribution in [2.75, 3.05) is 13.6 Å². The molecule has 0 radical (unpaired) electrons. The summed E-state index contributed by atoms with van der Waals surface area (Å²) in [6.07, 6.45) is 0. The lowest BCUT2D eigenvalue weighted by Gasteiger charge is -2.21. The first kappa shape index (κ1) is 14.6. The third-order valence-electron chi connectivity index (χ3n) is 2.64. The predicted octanol–water partition coefficient (Wildman–Crippen LogP) is 2.13. The molecule has 1 rings (SSSR count). The van der Waals surface area contributed by atoms with E-state index in [9.17, 15) is 4.79 Å². The van der Waals surface area contributed by atoms with Gasteiger partial charge in [-0.25, -0.2) is 0 Å². The van der Waals surface area contributed by atoms with E-state index in [0.29, 0.717) is 16.1 Å². The van der Waals surface area contributed by atoms with Gasteiger partial charge in [-0.3, -0.25) is 4.79 Å². The quantitative estimate of drug-likeness (QED) is 0.832. The van der Waals surface area contributed by atoms with Gasteiger partial charge in [0.2, 0.25) is 0 Å². The number of hydrogen-bond acceptors (Lipinski definition) is 2. The molecule has 4 heteroatoms. The van der Waals surface area contributed by atoms with E-state index in [1.807, 2.05) is 13.8 Å². The third-order valence-corrected chi connectivity index (χ3v) is 2.95. The minimum absolute atomic E-state index is 0.0507. The Hall–Kier alpha value is -1.50. The third kappa shape index (κ3) is 3.49. The zero-order valence-electron chi connectivity index (χ0n) is 10.8. The number of halogens is 1. The van der Waals surface area contributed by atoms with E-state index in [1.165, 1.54) is 0 Å². The number of nitrogens with two attached hydrogens (primary N) is 1. The number of hydrogen-bond donors (Lipinski definition) is 1. The minimum Gasteiger partial charge on any atom is -0.339 e. The first-order chi connectivity index (χ1) is 8.47. The van der Waals surface area contributed by atoms with E-state index in [1.54, 1.807) is 30.1 Å². The second-order valence-corrected chi connectivity index (χ2v) is 4.62. The molecule has 1 aromatic carbocycles. The van der Waals surface area contributed by atoms with Crippen molar-refractivity contribution in [2.24, 2.45) is 5.73 Å². The van der Waals surface area contributed by atoms with Crippen LogP contribution < -0.4 is 5.73 Å². The SMILES string of the molecule is CC(C)N(C)C(=O)c1ccc(C#CCN)c(Cl)c1. The molecule has 3 nitrogen and oxygen atoms in total. The van der Waals surface area contributed by atoms with E-state index >= 15 is 0 Å². The topological polar surface area (TPSA) is 46.3 Å². The molecule has 0 aliphatic carbocycles. The maximum Gasteiger partial charge on any atom is 0.253 e. The van der Waals surface area contributed by atoms with E-state index in [2.05, 4.69) is 11.8 Å². The monoisotopic (exact) mass is 264 g/mol. The van der Waals surface area contributed by atoms with Crippen molar-refractivity contribution in [3.63, 3.8) is 0 Å². The molecule has 0 unspecified atom stereocenters. The van der Waals surface area contributed by atoms with E-state index in [-0.39, 0.29) is 18.5 Å². The summed E-state index contributed by atoms with van der Waals surface area (Å²) in [6, 6.07) is 5.26. The van der Waals surface area contributed by atoms with Gasteiger partial charge in [-0.15, -0.1) is 0 Å². The summed E-state index contributed by atoms with van der Waals surface area (Å²) in [5.74, 6) is 5.54. The molecule has 0 aromatic heterocycles. The first-order valence-electron chi connectivity index (χ1n) is 5.73. The van der Waals surface area contributed by atoms with Crippen LogP contribution >= 0.6 is 11.6 Å². The van der Waals surface area contributed by atoms with Crippen LogP contribution in [-0.4, -0.2) is 30.4 Å². The second kappa shape index (κ2) is 6.44. The molecule has 0 saturated heterocycles. The summed E-state index contributed by atoms with van der Waals surface area (Å²) in [6.45, 7) is 4.20. The lowest BCUT2D eigenvalue weighted by Crippen LogP contribution is -2.32.